The van der Waals surface area contributed by atoms with Crippen molar-refractivity contribution in [3.8, 4) is 11.5 Å². The fourth-order valence-electron chi connectivity index (χ4n) is 2.72. The summed E-state index contributed by atoms with van der Waals surface area (Å²) in [4.78, 5) is 16.2. The Morgan fingerprint density at radius 1 is 1.17 bits per heavy atom. The van der Waals surface area contributed by atoms with Crippen LogP contribution in [0.25, 0.3) is 0 Å². The van der Waals surface area contributed by atoms with Gasteiger partial charge < -0.3 is 19.1 Å². The molecule has 2 aliphatic heterocycles. The first-order valence-electron chi connectivity index (χ1n) is 7.75. The minimum absolute atomic E-state index is 0.143. The molecule has 3 rings (SSSR count). The first-order valence-corrected chi connectivity index (χ1v) is 8.55. The maximum Gasteiger partial charge on any atom is 0.236 e. The van der Waals surface area contributed by atoms with Gasteiger partial charge in [-0.15, -0.1) is 0 Å². The summed E-state index contributed by atoms with van der Waals surface area (Å²) >= 11 is 3.57. The third-order valence-electron chi connectivity index (χ3n) is 3.92. The SMILES string of the molecule is CN(CC(=O)N1CCOCC1)Cc1cc2c(cc1Br)OCCO2. The van der Waals surface area contributed by atoms with Gasteiger partial charge in [0.15, 0.2) is 11.5 Å². The molecule has 2 heterocycles. The molecule has 0 atom stereocenters. The van der Waals surface area contributed by atoms with Crippen molar-refractivity contribution in [3.05, 3.63) is 22.2 Å². The zero-order valence-electron chi connectivity index (χ0n) is 13.2. The van der Waals surface area contributed by atoms with Gasteiger partial charge in [0, 0.05) is 24.1 Å². The summed E-state index contributed by atoms with van der Waals surface area (Å²) in [5.41, 5.74) is 1.08. The highest BCUT2D eigenvalue weighted by molar-refractivity contribution is 9.10. The number of carbonyl (C=O) groups excluding carboxylic acids is 1. The van der Waals surface area contributed by atoms with Crippen LogP contribution in [-0.2, 0) is 16.1 Å². The molecule has 0 spiro atoms. The number of morpholine rings is 1. The number of amides is 1. The van der Waals surface area contributed by atoms with E-state index in [1.54, 1.807) is 0 Å². The van der Waals surface area contributed by atoms with E-state index in [9.17, 15) is 4.79 Å². The monoisotopic (exact) mass is 384 g/mol. The topological polar surface area (TPSA) is 51.2 Å². The molecule has 0 aromatic heterocycles. The lowest BCUT2D eigenvalue weighted by Gasteiger charge is -2.29. The zero-order valence-corrected chi connectivity index (χ0v) is 14.8. The number of fused-ring (bicyclic) bond motifs is 1. The molecule has 0 bridgehead atoms. The molecule has 0 unspecified atom stereocenters. The van der Waals surface area contributed by atoms with E-state index in [1.165, 1.54) is 0 Å². The molecule has 1 aromatic carbocycles. The van der Waals surface area contributed by atoms with Crippen LogP contribution in [0.2, 0.25) is 0 Å². The average molecular weight is 385 g/mol. The van der Waals surface area contributed by atoms with Crippen molar-refractivity contribution in [1.82, 2.24) is 9.80 Å². The van der Waals surface area contributed by atoms with Crippen molar-refractivity contribution < 1.29 is 19.0 Å². The maximum atomic E-state index is 12.3. The number of ether oxygens (including phenoxy) is 3. The highest BCUT2D eigenvalue weighted by Crippen LogP contribution is 2.35. The van der Waals surface area contributed by atoms with Gasteiger partial charge in [0.05, 0.1) is 19.8 Å². The molecule has 0 N–H and O–H groups in total. The number of halogens is 1. The molecule has 6 nitrogen and oxygen atoms in total. The predicted molar refractivity (Wildman–Crippen MR) is 88.9 cm³/mol. The van der Waals surface area contributed by atoms with E-state index in [0.717, 1.165) is 21.5 Å². The molecular weight excluding hydrogens is 364 g/mol. The summed E-state index contributed by atoms with van der Waals surface area (Å²) in [5, 5.41) is 0. The summed E-state index contributed by atoms with van der Waals surface area (Å²) in [7, 11) is 1.95. The molecule has 1 fully saturated rings. The van der Waals surface area contributed by atoms with E-state index in [1.807, 2.05) is 29.0 Å². The number of hydrogen-bond donors (Lipinski definition) is 0. The van der Waals surface area contributed by atoms with Gasteiger partial charge in [0.1, 0.15) is 13.2 Å². The van der Waals surface area contributed by atoms with E-state index in [2.05, 4.69) is 15.9 Å². The Labute approximate surface area is 144 Å². The van der Waals surface area contributed by atoms with Gasteiger partial charge in [-0.05, 0) is 24.7 Å². The molecular formula is C16H21BrN2O4. The zero-order chi connectivity index (χ0) is 16.2. The maximum absolute atomic E-state index is 12.3. The Balaban J connectivity index is 1.61. The second-order valence-corrected chi connectivity index (χ2v) is 6.61. The molecule has 23 heavy (non-hydrogen) atoms. The minimum atomic E-state index is 0.143. The fraction of sp³-hybridized carbons (Fsp3) is 0.562. The van der Waals surface area contributed by atoms with Gasteiger partial charge in [0.25, 0.3) is 0 Å². The van der Waals surface area contributed by atoms with E-state index < -0.39 is 0 Å². The van der Waals surface area contributed by atoms with Crippen molar-refractivity contribution in [2.45, 2.75) is 6.54 Å². The van der Waals surface area contributed by atoms with Gasteiger partial charge in [-0.3, -0.25) is 9.69 Å². The van der Waals surface area contributed by atoms with Crippen LogP contribution < -0.4 is 9.47 Å². The highest BCUT2D eigenvalue weighted by atomic mass is 79.9. The van der Waals surface area contributed by atoms with Crippen LogP contribution in [-0.4, -0.2) is 68.8 Å². The van der Waals surface area contributed by atoms with Crippen molar-refractivity contribution in [2.24, 2.45) is 0 Å². The predicted octanol–water partition coefficient (Wildman–Crippen LogP) is 1.51. The van der Waals surface area contributed by atoms with Gasteiger partial charge in [0.2, 0.25) is 5.91 Å². The average Bonchev–Trinajstić information content (AvgIpc) is 2.56. The first-order chi connectivity index (χ1) is 11.1. The van der Waals surface area contributed by atoms with Crippen LogP contribution in [0.5, 0.6) is 11.5 Å². The second kappa shape index (κ2) is 7.51. The van der Waals surface area contributed by atoms with Gasteiger partial charge >= 0.3 is 0 Å². The summed E-state index contributed by atoms with van der Waals surface area (Å²) in [5.74, 6) is 1.67. The number of nitrogens with zero attached hydrogens (tertiary/aromatic N) is 2. The number of likely N-dealkylation sites (N-methyl/N-ethyl adjacent to an activating group) is 1. The van der Waals surface area contributed by atoms with Crippen molar-refractivity contribution >= 4 is 21.8 Å². The van der Waals surface area contributed by atoms with Gasteiger partial charge in [-0.2, -0.15) is 0 Å². The Kier molecular flexibility index (Phi) is 5.40. The van der Waals surface area contributed by atoms with Crippen molar-refractivity contribution in [3.63, 3.8) is 0 Å². The quantitative estimate of drug-likeness (QED) is 0.787. The Morgan fingerprint density at radius 3 is 2.52 bits per heavy atom. The van der Waals surface area contributed by atoms with Crippen LogP contribution in [0.4, 0.5) is 0 Å². The van der Waals surface area contributed by atoms with E-state index in [-0.39, 0.29) is 5.91 Å². The lowest BCUT2D eigenvalue weighted by Crippen LogP contribution is -2.44. The highest BCUT2D eigenvalue weighted by Gasteiger charge is 2.20. The molecule has 0 radical (unpaired) electrons. The van der Waals surface area contributed by atoms with Gasteiger partial charge in [-0.25, -0.2) is 0 Å². The molecule has 1 aromatic rings. The Hall–Kier alpha value is -1.31. The largest absolute Gasteiger partial charge is 0.486 e. The normalized spacial score (nSPS) is 17.4. The van der Waals surface area contributed by atoms with Crippen LogP contribution in [0.1, 0.15) is 5.56 Å². The first kappa shape index (κ1) is 16.5. The molecule has 7 heteroatoms. The fourth-order valence-corrected chi connectivity index (χ4v) is 3.17. The van der Waals surface area contributed by atoms with Crippen LogP contribution in [0.3, 0.4) is 0 Å². The number of benzene rings is 1. The molecule has 126 valence electrons. The minimum Gasteiger partial charge on any atom is -0.486 e. The molecule has 1 saturated heterocycles. The van der Waals surface area contributed by atoms with E-state index in [4.69, 9.17) is 14.2 Å². The molecule has 0 saturated carbocycles. The standard InChI is InChI=1S/C16H21BrN2O4/c1-18(11-16(20)19-2-4-21-5-3-19)10-12-8-14-15(9-13(12)17)23-7-6-22-14/h8-9H,2-7,10-11H2,1H3. The molecule has 2 aliphatic rings. The van der Waals surface area contributed by atoms with Crippen molar-refractivity contribution in [2.75, 3.05) is 53.1 Å². The number of rotatable bonds is 4. The third-order valence-corrected chi connectivity index (χ3v) is 4.66. The van der Waals surface area contributed by atoms with Crippen molar-refractivity contribution in [1.29, 1.82) is 0 Å². The van der Waals surface area contributed by atoms with E-state index >= 15 is 0 Å². The summed E-state index contributed by atoms with van der Waals surface area (Å²) in [6.45, 7) is 4.81. The van der Waals surface area contributed by atoms with Gasteiger partial charge in [-0.1, -0.05) is 15.9 Å². The summed E-state index contributed by atoms with van der Waals surface area (Å²) < 4.78 is 17.4. The summed E-state index contributed by atoms with van der Waals surface area (Å²) in [6, 6.07) is 3.91. The van der Waals surface area contributed by atoms with Crippen LogP contribution >= 0.6 is 15.9 Å². The lowest BCUT2D eigenvalue weighted by molar-refractivity contribution is -0.136. The Morgan fingerprint density at radius 2 is 1.83 bits per heavy atom. The molecule has 1 amide bonds. The van der Waals surface area contributed by atoms with E-state index in [0.29, 0.717) is 52.6 Å². The number of hydrogen-bond acceptors (Lipinski definition) is 5. The molecule has 0 aliphatic carbocycles. The summed E-state index contributed by atoms with van der Waals surface area (Å²) in [6.07, 6.45) is 0. The Bertz CT molecular complexity index is 575. The van der Waals surface area contributed by atoms with Crippen LogP contribution in [0, 0.1) is 0 Å². The van der Waals surface area contributed by atoms with Crippen LogP contribution in [0.15, 0.2) is 16.6 Å². The third kappa shape index (κ3) is 4.16. The lowest BCUT2D eigenvalue weighted by atomic mass is 10.2. The second-order valence-electron chi connectivity index (χ2n) is 5.75. The smallest absolute Gasteiger partial charge is 0.236 e. The number of carbonyl (C=O) groups is 1.